The minimum atomic E-state index is -3.43. The maximum Gasteiger partial charge on any atom is 0.233 e. The van der Waals surface area contributed by atoms with Crippen LogP contribution >= 0.6 is 11.8 Å². The molecule has 3 rings (SSSR count). The number of pyridine rings is 1. The molecule has 1 aliphatic heterocycles. The van der Waals surface area contributed by atoms with Crippen LogP contribution in [-0.4, -0.2) is 55.4 Å². The van der Waals surface area contributed by atoms with Crippen molar-refractivity contribution in [2.45, 2.75) is 15.0 Å². The number of carbonyl (C=O) groups excluding carboxylic acids is 1. The fourth-order valence-electron chi connectivity index (χ4n) is 2.47. The molecule has 0 unspecified atom stereocenters. The van der Waals surface area contributed by atoms with E-state index >= 15 is 0 Å². The van der Waals surface area contributed by atoms with Crippen molar-refractivity contribution in [3.8, 4) is 5.75 Å². The van der Waals surface area contributed by atoms with Crippen LogP contribution in [0.2, 0.25) is 0 Å². The molecule has 1 saturated heterocycles. The van der Waals surface area contributed by atoms with Gasteiger partial charge < -0.3 is 9.64 Å². The third-order valence-corrected chi connectivity index (χ3v) is 7.14. The quantitative estimate of drug-likeness (QED) is 0.714. The number of methoxy groups -OCH3 is 1. The number of thioether (sulfide) groups is 1. The molecule has 0 atom stereocenters. The van der Waals surface area contributed by atoms with Crippen LogP contribution in [0, 0.1) is 0 Å². The first-order valence-corrected chi connectivity index (χ1v) is 10.2. The number of hydrogen-bond donors (Lipinski definition) is 0. The van der Waals surface area contributed by atoms with Crippen molar-refractivity contribution in [1.82, 2.24) is 9.88 Å². The van der Waals surface area contributed by atoms with E-state index in [1.54, 1.807) is 29.4 Å². The van der Waals surface area contributed by atoms with Crippen molar-refractivity contribution in [1.29, 1.82) is 0 Å². The Morgan fingerprint density at radius 3 is 2.44 bits per heavy atom. The highest BCUT2D eigenvalue weighted by Gasteiger charge is 2.40. The SMILES string of the molecule is COc1ccc(S(=O)(=O)C2CN(C(=O)CSc3ccncc3)C2)cc1. The summed E-state index contributed by atoms with van der Waals surface area (Å²) in [7, 11) is -1.89. The van der Waals surface area contributed by atoms with Gasteiger partial charge in [-0.25, -0.2) is 8.42 Å². The maximum absolute atomic E-state index is 12.6. The number of carbonyl (C=O) groups is 1. The zero-order valence-electron chi connectivity index (χ0n) is 13.7. The third kappa shape index (κ3) is 3.96. The van der Waals surface area contributed by atoms with Crippen molar-refractivity contribution in [2.75, 3.05) is 26.0 Å². The van der Waals surface area contributed by atoms with Gasteiger partial charge in [-0.15, -0.1) is 11.8 Å². The van der Waals surface area contributed by atoms with Gasteiger partial charge in [0.05, 0.1) is 17.8 Å². The lowest BCUT2D eigenvalue weighted by atomic mass is 10.2. The van der Waals surface area contributed by atoms with Crippen molar-refractivity contribution in [3.63, 3.8) is 0 Å². The summed E-state index contributed by atoms with van der Waals surface area (Å²) >= 11 is 1.42. The molecule has 2 heterocycles. The molecule has 1 aliphatic rings. The summed E-state index contributed by atoms with van der Waals surface area (Å²) in [6, 6.07) is 10.0. The number of aromatic nitrogens is 1. The Balaban J connectivity index is 1.54. The molecular weight excluding hydrogens is 360 g/mol. The largest absolute Gasteiger partial charge is 0.497 e. The first kappa shape index (κ1) is 17.8. The Morgan fingerprint density at radius 2 is 1.84 bits per heavy atom. The summed E-state index contributed by atoms with van der Waals surface area (Å²) in [4.78, 5) is 18.9. The predicted molar refractivity (Wildman–Crippen MR) is 95.5 cm³/mol. The lowest BCUT2D eigenvalue weighted by molar-refractivity contribution is -0.131. The third-order valence-electron chi connectivity index (χ3n) is 4.04. The van der Waals surface area contributed by atoms with Crippen molar-refractivity contribution in [3.05, 3.63) is 48.8 Å². The van der Waals surface area contributed by atoms with Gasteiger partial charge >= 0.3 is 0 Å². The van der Waals surface area contributed by atoms with Gasteiger partial charge in [0.15, 0.2) is 9.84 Å². The van der Waals surface area contributed by atoms with E-state index in [1.807, 2.05) is 12.1 Å². The van der Waals surface area contributed by atoms with E-state index in [4.69, 9.17) is 4.74 Å². The fraction of sp³-hybridized carbons (Fsp3) is 0.294. The normalized spacial score (nSPS) is 14.8. The standard InChI is InChI=1S/C17H18N2O4S2/c1-23-13-2-4-15(5-3-13)25(21,22)16-10-19(11-16)17(20)12-24-14-6-8-18-9-7-14/h2-9,16H,10-12H2,1H3. The van der Waals surface area contributed by atoms with Gasteiger partial charge in [-0.2, -0.15) is 0 Å². The van der Waals surface area contributed by atoms with Crippen molar-refractivity contribution < 1.29 is 17.9 Å². The van der Waals surface area contributed by atoms with Gasteiger partial charge in [-0.3, -0.25) is 9.78 Å². The van der Waals surface area contributed by atoms with Crippen LogP contribution in [0.5, 0.6) is 5.75 Å². The Hall–Kier alpha value is -2.06. The van der Waals surface area contributed by atoms with Crippen molar-refractivity contribution in [2.24, 2.45) is 0 Å². The number of benzene rings is 1. The van der Waals surface area contributed by atoms with Crippen LogP contribution in [-0.2, 0) is 14.6 Å². The number of ether oxygens (including phenoxy) is 1. The van der Waals surface area contributed by atoms with E-state index in [1.165, 1.54) is 31.0 Å². The van der Waals surface area contributed by atoms with Crippen LogP contribution in [0.15, 0.2) is 58.6 Å². The summed E-state index contributed by atoms with van der Waals surface area (Å²) in [5.74, 6) is 0.847. The van der Waals surface area contributed by atoms with Gasteiger partial charge in [-0.05, 0) is 36.4 Å². The molecule has 0 N–H and O–H groups in total. The number of amides is 1. The molecule has 1 fully saturated rings. The first-order chi connectivity index (χ1) is 12.0. The topological polar surface area (TPSA) is 76.6 Å². The van der Waals surface area contributed by atoms with Crippen LogP contribution in [0.3, 0.4) is 0 Å². The Kier molecular flexibility index (Phi) is 5.29. The lowest BCUT2D eigenvalue weighted by Gasteiger charge is -2.38. The summed E-state index contributed by atoms with van der Waals surface area (Å²) in [6.07, 6.45) is 3.35. The lowest BCUT2D eigenvalue weighted by Crippen LogP contribution is -2.57. The minimum absolute atomic E-state index is 0.0528. The molecule has 0 radical (unpaired) electrons. The zero-order valence-corrected chi connectivity index (χ0v) is 15.3. The van der Waals surface area contributed by atoms with Gasteiger partial charge in [0.1, 0.15) is 11.0 Å². The molecule has 0 saturated carbocycles. The molecule has 0 aliphatic carbocycles. The maximum atomic E-state index is 12.6. The van der Waals surface area contributed by atoms with E-state index < -0.39 is 15.1 Å². The van der Waals surface area contributed by atoms with Crippen LogP contribution in [0.1, 0.15) is 0 Å². The summed E-state index contributed by atoms with van der Waals surface area (Å²) in [5, 5.41) is -0.546. The number of likely N-dealkylation sites (tertiary alicyclic amines) is 1. The number of nitrogens with zero attached hydrogens (tertiary/aromatic N) is 2. The predicted octanol–water partition coefficient (Wildman–Crippen LogP) is 1.87. The Bertz CT molecular complexity index is 833. The molecule has 0 spiro atoms. The van der Waals surface area contributed by atoms with Crippen molar-refractivity contribution >= 4 is 27.5 Å². The van der Waals surface area contributed by atoms with E-state index in [0.717, 1.165) is 4.90 Å². The summed E-state index contributed by atoms with van der Waals surface area (Å²) in [5.41, 5.74) is 0. The van der Waals surface area contributed by atoms with E-state index in [9.17, 15) is 13.2 Å². The highest BCUT2D eigenvalue weighted by Crippen LogP contribution is 2.26. The molecule has 1 amide bonds. The monoisotopic (exact) mass is 378 g/mol. The summed E-state index contributed by atoms with van der Waals surface area (Å²) < 4.78 is 30.2. The second-order valence-electron chi connectivity index (χ2n) is 5.61. The molecule has 8 heteroatoms. The fourth-order valence-corrected chi connectivity index (χ4v) is 4.91. The van der Waals surface area contributed by atoms with E-state index in [2.05, 4.69) is 4.98 Å². The first-order valence-electron chi connectivity index (χ1n) is 7.69. The minimum Gasteiger partial charge on any atom is -0.497 e. The van der Waals surface area contributed by atoms with Gasteiger partial charge in [0.25, 0.3) is 0 Å². The van der Waals surface area contributed by atoms with Gasteiger partial charge in [0, 0.05) is 30.4 Å². The van der Waals surface area contributed by atoms with Gasteiger partial charge in [-0.1, -0.05) is 0 Å². The number of rotatable bonds is 6. The summed E-state index contributed by atoms with van der Waals surface area (Å²) in [6.45, 7) is 0.480. The molecule has 6 nitrogen and oxygen atoms in total. The van der Waals surface area contributed by atoms with Crippen LogP contribution < -0.4 is 4.74 Å². The smallest absolute Gasteiger partial charge is 0.233 e. The second kappa shape index (κ2) is 7.45. The average Bonchev–Trinajstić information content (AvgIpc) is 2.59. The molecule has 25 heavy (non-hydrogen) atoms. The molecule has 0 bridgehead atoms. The van der Waals surface area contributed by atoms with Gasteiger partial charge in [0.2, 0.25) is 5.91 Å². The molecular formula is C17H18N2O4S2. The molecule has 1 aromatic heterocycles. The zero-order chi connectivity index (χ0) is 17.9. The number of hydrogen-bond acceptors (Lipinski definition) is 6. The molecule has 1 aromatic carbocycles. The second-order valence-corrected chi connectivity index (χ2v) is 8.89. The highest BCUT2D eigenvalue weighted by molar-refractivity contribution is 8.00. The van der Waals surface area contributed by atoms with E-state index in [-0.39, 0.29) is 23.9 Å². The number of sulfone groups is 1. The van der Waals surface area contributed by atoms with Crippen LogP contribution in [0.4, 0.5) is 0 Å². The molecule has 132 valence electrons. The molecule has 2 aromatic rings. The van der Waals surface area contributed by atoms with Crippen LogP contribution in [0.25, 0.3) is 0 Å². The Morgan fingerprint density at radius 1 is 1.20 bits per heavy atom. The Labute approximate surface area is 151 Å². The highest BCUT2D eigenvalue weighted by atomic mass is 32.2. The van der Waals surface area contributed by atoms with E-state index in [0.29, 0.717) is 11.5 Å². The average molecular weight is 378 g/mol.